The molecule has 3 nitrogen and oxygen atoms in total. The minimum Gasteiger partial charge on any atom is -0.381 e. The quantitative estimate of drug-likeness (QED) is 0.910. The second-order valence-corrected chi connectivity index (χ2v) is 4.98. The van der Waals surface area contributed by atoms with Gasteiger partial charge in [0.05, 0.1) is 0 Å². The smallest absolute Gasteiger partial charge is 0.120 e. The summed E-state index contributed by atoms with van der Waals surface area (Å²) in [5.74, 6) is 0. The normalized spacial score (nSPS) is 10.3. The number of aromatic nitrogens is 1. The van der Waals surface area contributed by atoms with Crippen LogP contribution < -0.4 is 5.32 Å². The fourth-order valence-corrected chi connectivity index (χ4v) is 2.25. The van der Waals surface area contributed by atoms with E-state index >= 15 is 0 Å². The van der Waals surface area contributed by atoms with Gasteiger partial charge >= 0.3 is 0 Å². The Bertz CT molecular complexity index is 645. The van der Waals surface area contributed by atoms with Gasteiger partial charge < -0.3 is 9.88 Å². The maximum atomic E-state index is 9.02. The predicted molar refractivity (Wildman–Crippen MR) is 78.1 cm³/mol. The fraction of sp³-hybridized carbons (Fsp3) is 0.312. The van der Waals surface area contributed by atoms with Crippen LogP contribution >= 0.6 is 0 Å². The Morgan fingerprint density at radius 2 is 1.95 bits per heavy atom. The molecule has 0 aliphatic heterocycles. The number of hydrogen-bond donors (Lipinski definition) is 1. The largest absolute Gasteiger partial charge is 0.381 e. The number of benzene rings is 1. The summed E-state index contributed by atoms with van der Waals surface area (Å²) in [6, 6.07) is 10.5. The zero-order chi connectivity index (χ0) is 14.0. The first-order valence-electron chi connectivity index (χ1n) is 6.39. The van der Waals surface area contributed by atoms with Gasteiger partial charge in [0.1, 0.15) is 11.8 Å². The number of anilines is 1. The van der Waals surface area contributed by atoms with Crippen LogP contribution in [0.5, 0.6) is 0 Å². The maximum absolute atomic E-state index is 9.02. The molecule has 1 aromatic heterocycles. The van der Waals surface area contributed by atoms with Gasteiger partial charge in [0.25, 0.3) is 0 Å². The van der Waals surface area contributed by atoms with Gasteiger partial charge in [-0.05, 0) is 44.0 Å². The number of aryl methyl sites for hydroxylation is 2. The van der Waals surface area contributed by atoms with Gasteiger partial charge in [-0.15, -0.1) is 0 Å². The molecule has 0 saturated carbocycles. The molecule has 2 rings (SSSR count). The van der Waals surface area contributed by atoms with Crippen molar-refractivity contribution in [1.29, 1.82) is 5.26 Å². The molecule has 2 aromatic rings. The third-order valence-electron chi connectivity index (χ3n) is 3.61. The van der Waals surface area contributed by atoms with Gasteiger partial charge in [-0.3, -0.25) is 0 Å². The van der Waals surface area contributed by atoms with Crippen molar-refractivity contribution < 1.29 is 0 Å². The van der Waals surface area contributed by atoms with Gasteiger partial charge in [0.15, 0.2) is 0 Å². The van der Waals surface area contributed by atoms with Crippen molar-refractivity contribution in [2.45, 2.75) is 27.3 Å². The van der Waals surface area contributed by atoms with E-state index in [4.69, 9.17) is 5.26 Å². The van der Waals surface area contributed by atoms with E-state index < -0.39 is 0 Å². The van der Waals surface area contributed by atoms with Crippen LogP contribution in [0.25, 0.3) is 0 Å². The zero-order valence-corrected chi connectivity index (χ0v) is 11.9. The Labute approximate surface area is 114 Å². The molecule has 0 spiro atoms. The zero-order valence-electron chi connectivity index (χ0n) is 11.9. The van der Waals surface area contributed by atoms with Crippen molar-refractivity contribution in [3.63, 3.8) is 0 Å². The Hall–Kier alpha value is -2.21. The van der Waals surface area contributed by atoms with Gasteiger partial charge in [0.2, 0.25) is 0 Å². The first kappa shape index (κ1) is 13.2. The molecule has 0 saturated heterocycles. The van der Waals surface area contributed by atoms with Crippen molar-refractivity contribution in [3.8, 4) is 6.07 Å². The third-order valence-corrected chi connectivity index (χ3v) is 3.61. The SMILES string of the molecule is Cc1ccc(NCc2cc(C#N)n(C)c2C)c(C)c1. The lowest BCUT2D eigenvalue weighted by molar-refractivity contribution is 0.856. The van der Waals surface area contributed by atoms with E-state index in [1.54, 1.807) is 0 Å². The summed E-state index contributed by atoms with van der Waals surface area (Å²) < 4.78 is 1.93. The topological polar surface area (TPSA) is 40.8 Å². The molecule has 3 heteroatoms. The monoisotopic (exact) mass is 253 g/mol. The molecule has 0 aliphatic carbocycles. The van der Waals surface area contributed by atoms with E-state index in [9.17, 15) is 0 Å². The van der Waals surface area contributed by atoms with Gasteiger partial charge in [-0.2, -0.15) is 5.26 Å². The lowest BCUT2D eigenvalue weighted by atomic mass is 10.1. The summed E-state index contributed by atoms with van der Waals surface area (Å²) in [5.41, 5.74) is 6.66. The van der Waals surface area contributed by atoms with Crippen LogP contribution in [0, 0.1) is 32.1 Å². The highest BCUT2D eigenvalue weighted by atomic mass is 15.0. The van der Waals surface area contributed by atoms with E-state index in [2.05, 4.69) is 43.4 Å². The van der Waals surface area contributed by atoms with Crippen LogP contribution in [-0.2, 0) is 13.6 Å². The van der Waals surface area contributed by atoms with Crippen LogP contribution in [0.4, 0.5) is 5.69 Å². The first-order chi connectivity index (χ1) is 9.02. The Kier molecular flexibility index (Phi) is 3.62. The van der Waals surface area contributed by atoms with Crippen LogP contribution in [0.1, 0.15) is 28.1 Å². The number of rotatable bonds is 3. The van der Waals surface area contributed by atoms with Crippen LogP contribution in [0.3, 0.4) is 0 Å². The minimum absolute atomic E-state index is 0.704. The second-order valence-electron chi connectivity index (χ2n) is 4.98. The molecule has 0 unspecified atom stereocenters. The molecule has 19 heavy (non-hydrogen) atoms. The number of nitriles is 1. The average molecular weight is 253 g/mol. The van der Waals surface area contributed by atoms with E-state index in [-0.39, 0.29) is 0 Å². The molecule has 0 bridgehead atoms. The fourth-order valence-electron chi connectivity index (χ4n) is 2.25. The van der Waals surface area contributed by atoms with Crippen molar-refractivity contribution in [2.75, 3.05) is 5.32 Å². The first-order valence-corrected chi connectivity index (χ1v) is 6.39. The molecule has 0 atom stereocenters. The van der Waals surface area contributed by atoms with Crippen LogP contribution in [0.15, 0.2) is 24.3 Å². The molecular formula is C16H19N3. The number of nitrogens with one attached hydrogen (secondary N) is 1. The highest BCUT2D eigenvalue weighted by Gasteiger charge is 2.08. The number of nitrogens with zero attached hydrogens (tertiary/aromatic N) is 2. The Balaban J connectivity index is 2.17. The van der Waals surface area contributed by atoms with E-state index in [0.29, 0.717) is 5.69 Å². The summed E-state index contributed by atoms with van der Waals surface area (Å²) in [6.45, 7) is 6.98. The van der Waals surface area contributed by atoms with Gasteiger partial charge in [-0.1, -0.05) is 17.7 Å². The molecule has 0 fully saturated rings. The van der Waals surface area contributed by atoms with Crippen LogP contribution in [0.2, 0.25) is 0 Å². The third kappa shape index (κ3) is 2.63. The molecule has 1 N–H and O–H groups in total. The summed E-state index contributed by atoms with van der Waals surface area (Å²) in [4.78, 5) is 0. The standard InChI is InChI=1S/C16H19N3/c1-11-5-6-16(12(2)7-11)18-10-14-8-15(9-17)19(4)13(14)3/h5-8,18H,10H2,1-4H3. The summed E-state index contributed by atoms with van der Waals surface area (Å²) in [5, 5.41) is 12.5. The highest BCUT2D eigenvalue weighted by molar-refractivity contribution is 5.52. The average Bonchev–Trinajstić information content (AvgIpc) is 2.65. The van der Waals surface area contributed by atoms with E-state index in [1.807, 2.05) is 24.6 Å². The molecule has 1 heterocycles. The molecule has 1 aromatic carbocycles. The summed E-state index contributed by atoms with van der Waals surface area (Å²) >= 11 is 0. The molecule has 0 radical (unpaired) electrons. The van der Waals surface area contributed by atoms with Crippen molar-refractivity contribution >= 4 is 5.69 Å². The lowest BCUT2D eigenvalue weighted by Crippen LogP contribution is -2.02. The van der Waals surface area contributed by atoms with Gasteiger partial charge in [-0.25, -0.2) is 0 Å². The second kappa shape index (κ2) is 5.19. The summed E-state index contributed by atoms with van der Waals surface area (Å²) in [7, 11) is 1.93. The van der Waals surface area contributed by atoms with Crippen LogP contribution in [-0.4, -0.2) is 4.57 Å². The maximum Gasteiger partial charge on any atom is 0.120 e. The highest BCUT2D eigenvalue weighted by Crippen LogP contribution is 2.19. The number of hydrogen-bond acceptors (Lipinski definition) is 2. The lowest BCUT2D eigenvalue weighted by Gasteiger charge is -2.10. The molecular weight excluding hydrogens is 234 g/mol. The van der Waals surface area contributed by atoms with E-state index in [0.717, 1.165) is 17.9 Å². The predicted octanol–water partition coefficient (Wildman–Crippen LogP) is 3.43. The van der Waals surface area contributed by atoms with Crippen molar-refractivity contribution in [2.24, 2.45) is 7.05 Å². The Morgan fingerprint density at radius 3 is 2.53 bits per heavy atom. The molecule has 98 valence electrons. The van der Waals surface area contributed by atoms with Crippen molar-refractivity contribution in [1.82, 2.24) is 4.57 Å². The van der Waals surface area contributed by atoms with E-state index in [1.165, 1.54) is 16.7 Å². The summed E-state index contributed by atoms with van der Waals surface area (Å²) in [6.07, 6.45) is 0. The molecule has 0 aliphatic rings. The molecule has 0 amide bonds. The van der Waals surface area contributed by atoms with Crippen molar-refractivity contribution in [3.05, 3.63) is 52.3 Å². The minimum atomic E-state index is 0.704. The van der Waals surface area contributed by atoms with Gasteiger partial charge in [0, 0.05) is 25.0 Å². The Morgan fingerprint density at radius 1 is 1.21 bits per heavy atom.